The fourth-order valence-electron chi connectivity index (χ4n) is 3.22. The molecule has 0 aliphatic carbocycles. The number of amides is 1. The van der Waals surface area contributed by atoms with E-state index in [1.165, 1.54) is 24.1 Å². The van der Waals surface area contributed by atoms with Crippen LogP contribution in [0, 0.1) is 0 Å². The summed E-state index contributed by atoms with van der Waals surface area (Å²) < 4.78 is 51.9. The van der Waals surface area contributed by atoms with Gasteiger partial charge < -0.3 is 14.4 Å². The normalized spacial score (nSPS) is 14.5. The molecule has 30 heavy (non-hydrogen) atoms. The monoisotopic (exact) mass is 425 g/mol. The number of nitrogens with zero attached hydrogens (tertiary/aromatic N) is 3. The maximum Gasteiger partial charge on any atom is 0.435 e. The van der Waals surface area contributed by atoms with E-state index in [1.807, 2.05) is 0 Å². The molecule has 0 fully saturated rings. The van der Waals surface area contributed by atoms with Crippen LogP contribution < -0.4 is 4.74 Å². The van der Waals surface area contributed by atoms with Crippen LogP contribution in [0.4, 0.5) is 13.2 Å². The Morgan fingerprint density at radius 2 is 1.80 bits per heavy atom. The molecule has 0 N–H and O–H groups in total. The van der Waals surface area contributed by atoms with Crippen molar-refractivity contribution in [3.8, 4) is 11.4 Å². The minimum atomic E-state index is -4.71. The van der Waals surface area contributed by atoms with Crippen LogP contribution >= 0.6 is 0 Å². The van der Waals surface area contributed by atoms with E-state index in [1.54, 1.807) is 32.9 Å². The third-order valence-corrected chi connectivity index (χ3v) is 4.43. The van der Waals surface area contributed by atoms with Gasteiger partial charge in [0.1, 0.15) is 23.6 Å². The van der Waals surface area contributed by atoms with Crippen LogP contribution in [0.1, 0.15) is 42.5 Å². The number of aromatic nitrogens is 2. The van der Waals surface area contributed by atoms with Crippen molar-refractivity contribution in [2.24, 2.45) is 0 Å². The third kappa shape index (κ3) is 4.42. The van der Waals surface area contributed by atoms with E-state index in [2.05, 4.69) is 5.10 Å². The van der Waals surface area contributed by atoms with Gasteiger partial charge in [0.2, 0.25) is 0 Å². The molecule has 1 aliphatic heterocycles. The number of rotatable bonds is 4. The van der Waals surface area contributed by atoms with Gasteiger partial charge in [0.05, 0.1) is 12.8 Å². The molecule has 1 aliphatic rings. The van der Waals surface area contributed by atoms with Crippen LogP contribution in [-0.4, -0.2) is 52.4 Å². The minimum absolute atomic E-state index is 0.0392. The number of carbonyl (C=O) groups is 2. The Bertz CT molecular complexity index is 959. The number of benzene rings is 1. The van der Waals surface area contributed by atoms with E-state index in [4.69, 9.17) is 9.47 Å². The SMILES string of the molecule is COc1ccc(-n2nc(C(F)(F)F)c3c2C(=O)N(CC(=O)OC(C)(C)C)CC3)cc1. The summed E-state index contributed by atoms with van der Waals surface area (Å²) in [4.78, 5) is 26.4. The molecule has 0 radical (unpaired) electrons. The molecule has 0 atom stereocenters. The molecule has 0 unspecified atom stereocenters. The van der Waals surface area contributed by atoms with E-state index < -0.39 is 29.3 Å². The predicted molar refractivity (Wildman–Crippen MR) is 101 cm³/mol. The van der Waals surface area contributed by atoms with Gasteiger partial charge in [-0.05, 0) is 51.5 Å². The van der Waals surface area contributed by atoms with Crippen LogP contribution in [0.25, 0.3) is 5.69 Å². The summed E-state index contributed by atoms with van der Waals surface area (Å²) in [5.41, 5.74) is -1.95. The van der Waals surface area contributed by atoms with Crippen molar-refractivity contribution in [3.05, 3.63) is 41.2 Å². The number of fused-ring (bicyclic) bond motifs is 1. The fraction of sp³-hybridized carbons (Fsp3) is 0.450. The Hall–Kier alpha value is -3.04. The highest BCUT2D eigenvalue weighted by Crippen LogP contribution is 2.36. The maximum absolute atomic E-state index is 13.5. The molecule has 10 heteroatoms. The second kappa shape index (κ2) is 7.66. The molecule has 7 nitrogen and oxygen atoms in total. The van der Waals surface area contributed by atoms with Gasteiger partial charge in [0.25, 0.3) is 5.91 Å². The van der Waals surface area contributed by atoms with E-state index in [-0.39, 0.29) is 36.5 Å². The lowest BCUT2D eigenvalue weighted by atomic mass is 10.0. The molecule has 1 aromatic heterocycles. The van der Waals surface area contributed by atoms with Crippen LogP contribution in [-0.2, 0) is 22.1 Å². The molecule has 1 aromatic carbocycles. The van der Waals surface area contributed by atoms with E-state index in [9.17, 15) is 22.8 Å². The summed E-state index contributed by atoms with van der Waals surface area (Å²) in [6.07, 6.45) is -4.79. The topological polar surface area (TPSA) is 73.7 Å². The number of hydrogen-bond acceptors (Lipinski definition) is 5. The predicted octanol–water partition coefficient (Wildman–Crippen LogP) is 3.24. The lowest BCUT2D eigenvalue weighted by molar-refractivity contribution is -0.155. The molecule has 0 saturated carbocycles. The van der Waals surface area contributed by atoms with Gasteiger partial charge in [0.15, 0.2) is 5.69 Å². The molecule has 0 bridgehead atoms. The van der Waals surface area contributed by atoms with Crippen molar-refractivity contribution in [1.82, 2.24) is 14.7 Å². The molecule has 1 amide bonds. The Kier molecular flexibility index (Phi) is 5.53. The van der Waals surface area contributed by atoms with E-state index >= 15 is 0 Å². The molecule has 3 rings (SSSR count). The van der Waals surface area contributed by atoms with Gasteiger partial charge in [0, 0.05) is 12.1 Å². The van der Waals surface area contributed by atoms with Crippen LogP contribution in [0.15, 0.2) is 24.3 Å². The van der Waals surface area contributed by atoms with Crippen LogP contribution in [0.2, 0.25) is 0 Å². The number of alkyl halides is 3. The summed E-state index contributed by atoms with van der Waals surface area (Å²) in [6.45, 7) is 4.67. The van der Waals surface area contributed by atoms with Gasteiger partial charge >= 0.3 is 12.1 Å². The number of halogens is 3. The van der Waals surface area contributed by atoms with Crippen LogP contribution in [0.5, 0.6) is 5.75 Å². The van der Waals surface area contributed by atoms with Gasteiger partial charge in [-0.3, -0.25) is 9.59 Å². The average molecular weight is 425 g/mol. The van der Waals surface area contributed by atoms with Crippen molar-refractivity contribution in [1.29, 1.82) is 0 Å². The van der Waals surface area contributed by atoms with E-state index in [0.29, 0.717) is 5.75 Å². The molecule has 2 heterocycles. The first kappa shape index (κ1) is 21.7. The summed E-state index contributed by atoms with van der Waals surface area (Å²) in [7, 11) is 1.46. The molecular weight excluding hydrogens is 403 g/mol. The highest BCUT2D eigenvalue weighted by molar-refractivity contribution is 5.97. The molecule has 0 spiro atoms. The third-order valence-electron chi connectivity index (χ3n) is 4.43. The maximum atomic E-state index is 13.5. The number of ether oxygens (including phenoxy) is 2. The fourth-order valence-corrected chi connectivity index (χ4v) is 3.22. The summed E-state index contributed by atoms with van der Waals surface area (Å²) in [5.74, 6) is -0.833. The average Bonchev–Trinajstić information content (AvgIpc) is 3.03. The molecule has 162 valence electrons. The highest BCUT2D eigenvalue weighted by Gasteiger charge is 2.43. The first-order chi connectivity index (χ1) is 13.9. The number of carbonyl (C=O) groups excluding carboxylic acids is 2. The Labute approximate surface area is 171 Å². The van der Waals surface area contributed by atoms with Crippen molar-refractivity contribution >= 4 is 11.9 Å². The van der Waals surface area contributed by atoms with Crippen molar-refractivity contribution in [2.75, 3.05) is 20.2 Å². The first-order valence-corrected chi connectivity index (χ1v) is 9.25. The van der Waals surface area contributed by atoms with Gasteiger partial charge in [-0.2, -0.15) is 18.3 Å². The first-order valence-electron chi connectivity index (χ1n) is 9.25. The van der Waals surface area contributed by atoms with Crippen molar-refractivity contribution < 1.29 is 32.2 Å². The van der Waals surface area contributed by atoms with Gasteiger partial charge in [-0.25, -0.2) is 4.68 Å². The quantitative estimate of drug-likeness (QED) is 0.704. The van der Waals surface area contributed by atoms with Gasteiger partial charge in [-0.1, -0.05) is 0 Å². The lowest BCUT2D eigenvalue weighted by Crippen LogP contribution is -2.43. The lowest BCUT2D eigenvalue weighted by Gasteiger charge is -2.28. The standard InChI is InChI=1S/C20H22F3N3O4/c1-19(2,3)30-15(27)11-25-10-9-14-16(18(25)28)26(24-17(14)20(21,22)23)12-5-7-13(29-4)8-6-12/h5-8H,9-11H2,1-4H3. The van der Waals surface area contributed by atoms with E-state index in [0.717, 1.165) is 4.68 Å². The van der Waals surface area contributed by atoms with Crippen LogP contribution in [0.3, 0.4) is 0 Å². The second-order valence-corrected chi connectivity index (χ2v) is 7.85. The summed E-state index contributed by atoms with van der Waals surface area (Å²) in [6, 6.07) is 6.13. The summed E-state index contributed by atoms with van der Waals surface area (Å²) in [5, 5.41) is 3.70. The minimum Gasteiger partial charge on any atom is -0.497 e. The van der Waals surface area contributed by atoms with Crippen molar-refractivity contribution in [2.45, 2.75) is 39.0 Å². The molecular formula is C20H22F3N3O4. The zero-order chi connectivity index (χ0) is 22.3. The zero-order valence-electron chi connectivity index (χ0n) is 17.0. The zero-order valence-corrected chi connectivity index (χ0v) is 17.0. The molecule has 2 aromatic rings. The summed E-state index contributed by atoms with van der Waals surface area (Å²) >= 11 is 0. The molecule has 0 saturated heterocycles. The Morgan fingerprint density at radius 1 is 1.17 bits per heavy atom. The second-order valence-electron chi connectivity index (χ2n) is 7.85. The van der Waals surface area contributed by atoms with Gasteiger partial charge in [-0.15, -0.1) is 0 Å². The largest absolute Gasteiger partial charge is 0.497 e. The number of hydrogen-bond donors (Lipinski definition) is 0. The van der Waals surface area contributed by atoms with Crippen molar-refractivity contribution in [3.63, 3.8) is 0 Å². The smallest absolute Gasteiger partial charge is 0.435 e. The highest BCUT2D eigenvalue weighted by atomic mass is 19.4. The number of esters is 1. The number of methoxy groups -OCH3 is 1. The Balaban J connectivity index is 2.00. The Morgan fingerprint density at radius 3 is 2.33 bits per heavy atom.